The third-order valence-corrected chi connectivity index (χ3v) is 4.00. The minimum absolute atomic E-state index is 0.0657. The van der Waals surface area contributed by atoms with Crippen molar-refractivity contribution in [3.63, 3.8) is 0 Å². The summed E-state index contributed by atoms with van der Waals surface area (Å²) in [6.07, 6.45) is 0.723. The summed E-state index contributed by atoms with van der Waals surface area (Å²) in [5, 5.41) is 8.06. The smallest absolute Gasteiger partial charge is 0.232 e. The van der Waals surface area contributed by atoms with Crippen LogP contribution in [0.15, 0.2) is 12.1 Å². The monoisotopic (exact) mass is 315 g/mol. The van der Waals surface area contributed by atoms with E-state index in [1.54, 1.807) is 0 Å². The summed E-state index contributed by atoms with van der Waals surface area (Å²) in [6.45, 7) is -0.0657. The normalized spacial score (nSPS) is 11.6. The Balaban J connectivity index is 2.78. The Bertz CT molecular complexity index is 499. The first-order chi connectivity index (χ1) is 8.35. The summed E-state index contributed by atoms with van der Waals surface area (Å²) in [6, 6.07) is 2.29. The van der Waals surface area contributed by atoms with Gasteiger partial charge in [0.2, 0.25) is 10.0 Å². The molecule has 0 saturated carbocycles. The van der Waals surface area contributed by atoms with Gasteiger partial charge in [-0.25, -0.2) is 12.8 Å². The molecular weight excluding hydrogens is 304 g/mol. The van der Waals surface area contributed by atoms with Crippen molar-refractivity contribution in [2.24, 2.45) is 0 Å². The van der Waals surface area contributed by atoms with Gasteiger partial charge in [0.1, 0.15) is 0 Å². The van der Waals surface area contributed by atoms with Crippen LogP contribution in [0.4, 0.5) is 10.1 Å². The number of nitrogens with one attached hydrogen (secondary N) is 1. The lowest BCUT2D eigenvalue weighted by molar-refractivity contribution is 0.287. The molecule has 4 nitrogen and oxygen atoms in total. The summed E-state index contributed by atoms with van der Waals surface area (Å²) in [5.74, 6) is -0.929. The van der Waals surface area contributed by atoms with Gasteiger partial charge in [-0.1, -0.05) is 23.2 Å². The molecule has 1 aromatic rings. The number of unbranched alkanes of at least 4 members (excludes halogenated alkanes) is 1. The average molecular weight is 316 g/mol. The van der Waals surface area contributed by atoms with E-state index < -0.39 is 15.8 Å². The van der Waals surface area contributed by atoms with Crippen molar-refractivity contribution in [2.75, 3.05) is 17.1 Å². The van der Waals surface area contributed by atoms with Gasteiger partial charge in [-0.3, -0.25) is 4.72 Å². The second kappa shape index (κ2) is 6.56. The first-order valence-electron chi connectivity index (χ1n) is 5.11. The molecule has 0 atom stereocenters. The van der Waals surface area contributed by atoms with Crippen LogP contribution in [0.25, 0.3) is 0 Å². The highest BCUT2D eigenvalue weighted by Crippen LogP contribution is 2.27. The van der Waals surface area contributed by atoms with Gasteiger partial charge in [0, 0.05) is 6.61 Å². The van der Waals surface area contributed by atoms with Gasteiger partial charge < -0.3 is 5.11 Å². The van der Waals surface area contributed by atoms with E-state index in [1.807, 2.05) is 0 Å². The zero-order valence-corrected chi connectivity index (χ0v) is 11.6. The number of sulfonamides is 1. The second-order valence-corrected chi connectivity index (χ2v) is 6.26. The van der Waals surface area contributed by atoms with Gasteiger partial charge in [-0.05, 0) is 25.0 Å². The van der Waals surface area contributed by atoms with E-state index in [0.29, 0.717) is 12.8 Å². The third-order valence-electron chi connectivity index (χ3n) is 2.08. The molecule has 0 unspecified atom stereocenters. The van der Waals surface area contributed by atoms with Gasteiger partial charge in [0.05, 0.1) is 21.5 Å². The zero-order chi connectivity index (χ0) is 13.8. The lowest BCUT2D eigenvalue weighted by Gasteiger charge is -2.09. The molecule has 0 aliphatic carbocycles. The van der Waals surface area contributed by atoms with Crippen LogP contribution in [0.2, 0.25) is 10.0 Å². The van der Waals surface area contributed by atoms with Gasteiger partial charge in [0.25, 0.3) is 0 Å². The highest BCUT2D eigenvalue weighted by molar-refractivity contribution is 7.92. The number of anilines is 1. The highest BCUT2D eigenvalue weighted by atomic mass is 35.5. The van der Waals surface area contributed by atoms with Crippen molar-refractivity contribution < 1.29 is 17.9 Å². The van der Waals surface area contributed by atoms with E-state index in [1.165, 1.54) is 0 Å². The van der Waals surface area contributed by atoms with Crippen molar-refractivity contribution >= 4 is 38.9 Å². The standard InChI is InChI=1S/C10H12Cl2FNO3S/c11-8-5-7(6-9(12)10(8)13)14-18(16,17)4-2-1-3-15/h5-6,14-15H,1-4H2. The topological polar surface area (TPSA) is 66.4 Å². The fraction of sp³-hybridized carbons (Fsp3) is 0.400. The first-order valence-corrected chi connectivity index (χ1v) is 7.52. The molecule has 1 rings (SSSR count). The molecule has 0 fully saturated rings. The maximum atomic E-state index is 13.1. The molecule has 0 heterocycles. The van der Waals surface area contributed by atoms with Crippen molar-refractivity contribution in [3.8, 4) is 0 Å². The molecule has 0 bridgehead atoms. The Kier molecular flexibility index (Phi) is 5.65. The van der Waals surface area contributed by atoms with Crippen molar-refractivity contribution in [1.82, 2.24) is 0 Å². The predicted octanol–water partition coefficient (Wildman–Crippen LogP) is 2.65. The number of benzene rings is 1. The third kappa shape index (κ3) is 4.61. The average Bonchev–Trinajstić information content (AvgIpc) is 2.25. The molecule has 102 valence electrons. The number of halogens is 3. The van der Waals surface area contributed by atoms with E-state index >= 15 is 0 Å². The number of rotatable bonds is 6. The Hall–Kier alpha value is -0.560. The zero-order valence-electron chi connectivity index (χ0n) is 9.29. The van der Waals surface area contributed by atoms with Crippen molar-refractivity contribution in [1.29, 1.82) is 0 Å². The van der Waals surface area contributed by atoms with Crippen LogP contribution in [0.1, 0.15) is 12.8 Å². The van der Waals surface area contributed by atoms with Crippen LogP contribution in [0.3, 0.4) is 0 Å². The molecule has 0 radical (unpaired) electrons. The summed E-state index contributed by atoms with van der Waals surface area (Å²) >= 11 is 11.1. The second-order valence-electron chi connectivity index (χ2n) is 3.61. The molecule has 0 amide bonds. The van der Waals surface area contributed by atoms with Gasteiger partial charge in [0.15, 0.2) is 5.82 Å². The quantitative estimate of drug-likeness (QED) is 0.626. The summed E-state index contributed by atoms with van der Waals surface area (Å²) in [7, 11) is -3.55. The minimum Gasteiger partial charge on any atom is -0.396 e. The highest BCUT2D eigenvalue weighted by Gasteiger charge is 2.13. The van der Waals surface area contributed by atoms with Crippen LogP contribution in [0.5, 0.6) is 0 Å². The lowest BCUT2D eigenvalue weighted by Crippen LogP contribution is -2.17. The molecular formula is C10H12Cl2FNO3S. The van der Waals surface area contributed by atoms with Gasteiger partial charge >= 0.3 is 0 Å². The molecule has 8 heteroatoms. The maximum absolute atomic E-state index is 13.1. The van der Waals surface area contributed by atoms with Crippen LogP contribution < -0.4 is 4.72 Å². The molecule has 0 saturated heterocycles. The Morgan fingerprint density at radius 2 is 1.78 bits per heavy atom. The number of aliphatic hydroxyl groups is 1. The lowest BCUT2D eigenvalue weighted by atomic mass is 10.3. The summed E-state index contributed by atoms with van der Waals surface area (Å²) in [4.78, 5) is 0. The van der Waals surface area contributed by atoms with Crippen molar-refractivity contribution in [2.45, 2.75) is 12.8 Å². The van der Waals surface area contributed by atoms with Crippen LogP contribution in [-0.2, 0) is 10.0 Å². The summed E-state index contributed by atoms with van der Waals surface area (Å²) in [5.41, 5.74) is 0.107. The Morgan fingerprint density at radius 3 is 2.28 bits per heavy atom. The molecule has 0 aromatic heterocycles. The minimum atomic E-state index is -3.55. The van der Waals surface area contributed by atoms with Crippen LogP contribution >= 0.6 is 23.2 Å². The molecule has 18 heavy (non-hydrogen) atoms. The molecule has 0 spiro atoms. The van der Waals surface area contributed by atoms with E-state index in [9.17, 15) is 12.8 Å². The van der Waals surface area contributed by atoms with Crippen LogP contribution in [0, 0.1) is 5.82 Å². The predicted molar refractivity (Wildman–Crippen MR) is 70.1 cm³/mol. The number of aliphatic hydroxyl groups excluding tert-OH is 1. The van der Waals surface area contributed by atoms with Gasteiger partial charge in [-0.2, -0.15) is 0 Å². The van der Waals surface area contributed by atoms with E-state index in [-0.39, 0.29) is 28.1 Å². The number of hydrogen-bond acceptors (Lipinski definition) is 3. The molecule has 1 aromatic carbocycles. The molecule has 2 N–H and O–H groups in total. The largest absolute Gasteiger partial charge is 0.396 e. The SMILES string of the molecule is O=S(=O)(CCCCO)Nc1cc(Cl)c(F)c(Cl)c1. The fourth-order valence-electron chi connectivity index (χ4n) is 1.25. The number of hydrogen-bond donors (Lipinski definition) is 2. The van der Waals surface area contributed by atoms with E-state index in [4.69, 9.17) is 28.3 Å². The van der Waals surface area contributed by atoms with Crippen LogP contribution in [-0.4, -0.2) is 25.9 Å². The van der Waals surface area contributed by atoms with Crippen molar-refractivity contribution in [3.05, 3.63) is 28.0 Å². The van der Waals surface area contributed by atoms with E-state index in [0.717, 1.165) is 12.1 Å². The maximum Gasteiger partial charge on any atom is 0.232 e. The first kappa shape index (κ1) is 15.5. The Morgan fingerprint density at radius 1 is 1.22 bits per heavy atom. The van der Waals surface area contributed by atoms with E-state index in [2.05, 4.69) is 4.72 Å². The summed E-state index contributed by atoms with van der Waals surface area (Å²) < 4.78 is 38.6. The fourth-order valence-corrected chi connectivity index (χ4v) is 2.90. The molecule has 0 aliphatic rings. The molecule has 0 aliphatic heterocycles. The Labute approximate surface area is 115 Å². The van der Waals surface area contributed by atoms with Gasteiger partial charge in [-0.15, -0.1) is 0 Å².